The smallest absolute Gasteiger partial charge is 0.0210 e. The summed E-state index contributed by atoms with van der Waals surface area (Å²) in [5, 5.41) is 0. The van der Waals surface area contributed by atoms with Crippen LogP contribution in [0.5, 0.6) is 0 Å². The maximum absolute atomic E-state index is 2.43. The van der Waals surface area contributed by atoms with Gasteiger partial charge in [0, 0.05) is 25.0 Å². The van der Waals surface area contributed by atoms with Gasteiger partial charge in [-0.2, -0.15) is 0 Å². The van der Waals surface area contributed by atoms with E-state index >= 15 is 0 Å². The van der Waals surface area contributed by atoms with E-state index in [1.165, 1.54) is 64.1 Å². The van der Waals surface area contributed by atoms with Gasteiger partial charge in [-0.1, -0.05) is 159 Å². The number of rotatable bonds is 10. The van der Waals surface area contributed by atoms with E-state index in [9.17, 15) is 0 Å². The predicted octanol–water partition coefficient (Wildman–Crippen LogP) is 13.4. The van der Waals surface area contributed by atoms with Gasteiger partial charge in [0.25, 0.3) is 0 Å². The third-order valence-corrected chi connectivity index (χ3v) is 11.3. The molecule has 0 aromatic heterocycles. The van der Waals surface area contributed by atoms with E-state index in [0.29, 0.717) is 0 Å². The van der Waals surface area contributed by atoms with Crippen LogP contribution in [0.25, 0.3) is 35.4 Å². The van der Waals surface area contributed by atoms with Crippen molar-refractivity contribution < 1.29 is 0 Å². The Kier molecular flexibility index (Phi) is 9.33. The molecule has 6 aromatic rings. The predicted molar refractivity (Wildman–Crippen MR) is 205 cm³/mol. The largest absolute Gasteiger partial charge is 0.0901 e. The zero-order chi connectivity index (χ0) is 32.1. The summed E-state index contributed by atoms with van der Waals surface area (Å²) >= 11 is 3.59. The maximum Gasteiger partial charge on any atom is 0.0210 e. The minimum atomic E-state index is 0.0188. The van der Waals surface area contributed by atoms with Crippen molar-refractivity contribution in [3.05, 3.63) is 179 Å². The summed E-state index contributed by atoms with van der Waals surface area (Å²) in [5.74, 6) is 0. The fourth-order valence-electron chi connectivity index (χ4n) is 6.68. The third-order valence-electron chi connectivity index (χ3n) is 9.27. The SMILES string of the molecule is CCC1(CC)c2cc(/C=C/c3ccc(Sc4ccccc4)cc3)ccc2-c2ccc(/C=C/c3ccc(Sc4ccccc4)cc3)cc21. The second-order valence-electron chi connectivity index (χ2n) is 12.0. The second kappa shape index (κ2) is 14.1. The highest BCUT2D eigenvalue weighted by Crippen LogP contribution is 2.53. The Balaban J connectivity index is 1.08. The molecule has 0 nitrogen and oxygen atoms in total. The fourth-order valence-corrected chi connectivity index (χ4v) is 8.35. The van der Waals surface area contributed by atoms with Crippen molar-refractivity contribution in [2.45, 2.75) is 51.7 Å². The lowest BCUT2D eigenvalue weighted by molar-refractivity contribution is 0.490. The Morgan fingerprint density at radius 3 is 1.13 bits per heavy atom. The molecule has 0 heterocycles. The quantitative estimate of drug-likeness (QED) is 0.136. The van der Waals surface area contributed by atoms with Crippen LogP contribution in [0.15, 0.2) is 165 Å². The molecule has 0 atom stereocenters. The Labute approximate surface area is 288 Å². The molecule has 1 aliphatic rings. The summed E-state index contributed by atoms with van der Waals surface area (Å²) in [5.41, 5.74) is 10.6. The molecule has 0 aliphatic heterocycles. The fraction of sp³-hybridized carbons (Fsp3) is 0.111. The van der Waals surface area contributed by atoms with E-state index in [1.54, 1.807) is 23.5 Å². The summed E-state index contributed by atoms with van der Waals surface area (Å²) in [6, 6.07) is 52.8. The van der Waals surface area contributed by atoms with Gasteiger partial charge in [-0.25, -0.2) is 0 Å². The van der Waals surface area contributed by atoms with Crippen LogP contribution in [-0.4, -0.2) is 0 Å². The first kappa shape index (κ1) is 31.1. The Morgan fingerprint density at radius 2 is 0.745 bits per heavy atom. The number of benzene rings is 6. The molecule has 0 radical (unpaired) electrons. The van der Waals surface area contributed by atoms with Crippen LogP contribution in [0.4, 0.5) is 0 Å². The third kappa shape index (κ3) is 6.81. The highest BCUT2D eigenvalue weighted by atomic mass is 32.2. The topological polar surface area (TPSA) is 0 Å². The van der Waals surface area contributed by atoms with Crippen molar-refractivity contribution in [1.82, 2.24) is 0 Å². The molecule has 1 aliphatic carbocycles. The van der Waals surface area contributed by atoms with E-state index in [1.807, 2.05) is 0 Å². The van der Waals surface area contributed by atoms with Gasteiger partial charge in [0.1, 0.15) is 0 Å². The molecule has 7 rings (SSSR count). The summed E-state index contributed by atoms with van der Waals surface area (Å²) < 4.78 is 0. The van der Waals surface area contributed by atoms with Crippen molar-refractivity contribution >= 4 is 47.8 Å². The van der Waals surface area contributed by atoms with Crippen molar-refractivity contribution in [2.24, 2.45) is 0 Å². The van der Waals surface area contributed by atoms with Crippen molar-refractivity contribution in [3.63, 3.8) is 0 Å². The van der Waals surface area contributed by atoms with Crippen molar-refractivity contribution in [3.8, 4) is 11.1 Å². The van der Waals surface area contributed by atoms with Crippen LogP contribution in [0.2, 0.25) is 0 Å². The molecule has 47 heavy (non-hydrogen) atoms. The van der Waals surface area contributed by atoms with Gasteiger partial charge in [0.15, 0.2) is 0 Å². The average molecular weight is 643 g/mol. The van der Waals surface area contributed by atoms with Gasteiger partial charge in [0.2, 0.25) is 0 Å². The minimum Gasteiger partial charge on any atom is -0.0901 e. The van der Waals surface area contributed by atoms with Crippen molar-refractivity contribution in [1.29, 1.82) is 0 Å². The minimum absolute atomic E-state index is 0.0188. The Bertz CT molecular complexity index is 1870. The van der Waals surface area contributed by atoms with E-state index < -0.39 is 0 Å². The molecule has 230 valence electrons. The molecule has 2 heteroatoms. The summed E-state index contributed by atoms with van der Waals surface area (Å²) in [6.07, 6.45) is 11.1. The molecule has 0 spiro atoms. The van der Waals surface area contributed by atoms with Crippen LogP contribution >= 0.6 is 23.5 Å². The van der Waals surface area contributed by atoms with Gasteiger partial charge in [0.05, 0.1) is 0 Å². The number of hydrogen-bond acceptors (Lipinski definition) is 2. The molecule has 0 N–H and O–H groups in total. The van der Waals surface area contributed by atoms with Crippen molar-refractivity contribution in [2.75, 3.05) is 0 Å². The van der Waals surface area contributed by atoms with Crippen LogP contribution in [0.3, 0.4) is 0 Å². The van der Waals surface area contributed by atoms with Crippen LogP contribution < -0.4 is 0 Å². The molecule has 0 unspecified atom stereocenters. The molecule has 0 amide bonds. The van der Waals surface area contributed by atoms with Crippen LogP contribution in [0, 0.1) is 0 Å². The monoisotopic (exact) mass is 642 g/mol. The lowest BCUT2D eigenvalue weighted by atomic mass is 9.73. The second-order valence-corrected chi connectivity index (χ2v) is 14.3. The van der Waals surface area contributed by atoms with Gasteiger partial charge in [-0.15, -0.1) is 0 Å². The zero-order valence-corrected chi connectivity index (χ0v) is 28.5. The maximum atomic E-state index is 2.43. The van der Waals surface area contributed by atoms with Gasteiger partial charge in [-0.05, 0) is 106 Å². The summed E-state index contributed by atoms with van der Waals surface area (Å²) in [6.45, 7) is 4.69. The highest BCUT2D eigenvalue weighted by Gasteiger charge is 2.40. The first-order valence-electron chi connectivity index (χ1n) is 16.4. The molecule has 0 saturated heterocycles. The Morgan fingerprint density at radius 1 is 0.404 bits per heavy atom. The normalized spacial score (nSPS) is 13.2. The summed E-state index contributed by atoms with van der Waals surface area (Å²) in [4.78, 5) is 5.03. The van der Waals surface area contributed by atoms with Gasteiger partial charge >= 0.3 is 0 Å². The van der Waals surface area contributed by atoms with E-state index in [-0.39, 0.29) is 5.41 Å². The summed E-state index contributed by atoms with van der Waals surface area (Å²) in [7, 11) is 0. The molecule has 6 aromatic carbocycles. The first-order chi connectivity index (χ1) is 23.1. The first-order valence-corrected chi connectivity index (χ1v) is 18.1. The molecular weight excluding hydrogens is 605 g/mol. The highest BCUT2D eigenvalue weighted by molar-refractivity contribution is 7.99. The molecular formula is C45H38S2. The number of fused-ring (bicyclic) bond motifs is 3. The standard InChI is InChI=1S/C45H38S2/c1-3-45(4-2)43-31-35(17-15-33-19-25-39(26-20-33)46-37-11-7-5-8-12-37)23-29-41(43)42-30-24-36(32-44(42)45)18-16-34-21-27-40(28-22-34)47-38-13-9-6-10-14-38/h5-32H,3-4H2,1-2H3/b17-15+,18-16+. The zero-order valence-electron chi connectivity index (χ0n) is 26.9. The van der Waals surface area contributed by atoms with Crippen LogP contribution in [0.1, 0.15) is 60.1 Å². The molecule has 0 fully saturated rings. The van der Waals surface area contributed by atoms with E-state index in [4.69, 9.17) is 0 Å². The number of hydrogen-bond donors (Lipinski definition) is 0. The van der Waals surface area contributed by atoms with Gasteiger partial charge < -0.3 is 0 Å². The lowest BCUT2D eigenvalue weighted by Gasteiger charge is -2.30. The average Bonchev–Trinajstić information content (AvgIpc) is 3.40. The molecule has 0 bridgehead atoms. The lowest BCUT2D eigenvalue weighted by Crippen LogP contribution is -2.23. The van der Waals surface area contributed by atoms with Gasteiger partial charge in [-0.3, -0.25) is 0 Å². The van der Waals surface area contributed by atoms with Crippen LogP contribution in [-0.2, 0) is 5.41 Å². The molecule has 0 saturated carbocycles. The van der Waals surface area contributed by atoms with E-state index in [2.05, 4.69) is 184 Å². The van der Waals surface area contributed by atoms with E-state index in [0.717, 1.165) is 12.8 Å². The Hall–Kier alpha value is -4.50.